The monoisotopic (exact) mass is 620 g/mol. The number of amides is 3. The predicted molar refractivity (Wildman–Crippen MR) is 161 cm³/mol. The molecule has 13 nitrogen and oxygen atoms in total. The van der Waals surface area contributed by atoms with Crippen LogP contribution in [-0.2, 0) is 16.1 Å². The van der Waals surface area contributed by atoms with Crippen LogP contribution < -0.4 is 20.5 Å². The smallest absolute Gasteiger partial charge is 0.263 e. The molecule has 44 heavy (non-hydrogen) atoms. The summed E-state index contributed by atoms with van der Waals surface area (Å²) in [6.07, 6.45) is -0.182. The van der Waals surface area contributed by atoms with E-state index >= 15 is 0 Å². The van der Waals surface area contributed by atoms with Gasteiger partial charge in [0.2, 0.25) is 11.8 Å². The molecule has 1 aliphatic rings. The van der Waals surface area contributed by atoms with Crippen LogP contribution in [0.4, 0.5) is 5.13 Å². The lowest BCUT2D eigenvalue weighted by atomic mass is 10.1. The molecule has 1 fully saturated rings. The number of nitrogens with one attached hydrogen (secondary N) is 1. The van der Waals surface area contributed by atoms with Gasteiger partial charge in [0.25, 0.3) is 17.7 Å². The summed E-state index contributed by atoms with van der Waals surface area (Å²) >= 11 is 0.952. The van der Waals surface area contributed by atoms with Gasteiger partial charge in [-0.05, 0) is 57.2 Å². The normalized spacial score (nSPS) is 15.0. The number of likely N-dealkylation sites (tertiary alicyclic amines) is 1. The van der Waals surface area contributed by atoms with Gasteiger partial charge >= 0.3 is 0 Å². The summed E-state index contributed by atoms with van der Waals surface area (Å²) in [5, 5.41) is 10.8. The average molecular weight is 621 g/mol. The summed E-state index contributed by atoms with van der Waals surface area (Å²) in [6.45, 7) is 7.94. The van der Waals surface area contributed by atoms with Crippen molar-refractivity contribution in [1.82, 2.24) is 20.1 Å². The Bertz CT molecular complexity index is 1690. The predicted octanol–water partition coefficient (Wildman–Crippen LogP) is 4.57. The van der Waals surface area contributed by atoms with Crippen molar-refractivity contribution >= 4 is 34.2 Å². The zero-order valence-electron chi connectivity index (χ0n) is 24.9. The number of aryl methyl sites for hydroxylation is 1. The van der Waals surface area contributed by atoms with Crippen LogP contribution in [0.5, 0.6) is 17.2 Å². The molecule has 0 spiro atoms. The van der Waals surface area contributed by atoms with E-state index in [0.717, 1.165) is 11.3 Å². The number of nitrogens with zero attached hydrogens (tertiary/aromatic N) is 4. The molecule has 0 saturated carbocycles. The first kappa shape index (κ1) is 30.6. The Labute approximate surface area is 257 Å². The van der Waals surface area contributed by atoms with Crippen LogP contribution in [0.1, 0.15) is 58.8 Å². The minimum absolute atomic E-state index is 0.0458. The van der Waals surface area contributed by atoms with E-state index in [-0.39, 0.29) is 33.8 Å². The minimum Gasteiger partial charge on any atom is -0.480 e. The Morgan fingerprint density at radius 1 is 1.11 bits per heavy atom. The van der Waals surface area contributed by atoms with E-state index < -0.39 is 23.5 Å². The molecule has 1 aliphatic heterocycles. The maximum absolute atomic E-state index is 13.4. The van der Waals surface area contributed by atoms with Gasteiger partial charge in [0.1, 0.15) is 22.1 Å². The summed E-state index contributed by atoms with van der Waals surface area (Å²) in [6, 6.07) is 11.6. The van der Waals surface area contributed by atoms with E-state index in [1.807, 2.05) is 20.8 Å². The number of nitrogens with two attached hydrogens (primary N) is 1. The molecule has 5 rings (SSSR count). The molecule has 1 unspecified atom stereocenters. The fourth-order valence-corrected chi connectivity index (χ4v) is 5.07. The fourth-order valence-electron chi connectivity index (χ4n) is 4.26. The maximum Gasteiger partial charge on any atom is 0.263 e. The minimum atomic E-state index is -0.689. The fraction of sp³-hybridized carbons (Fsp3) is 0.333. The van der Waals surface area contributed by atoms with Gasteiger partial charge in [0.15, 0.2) is 11.2 Å². The number of primary amides is 1. The standard InChI is InChI=1S/C30H32N6O7S/c1-16-34-35-27(41-16)17-6-8-19(9-7-17)42-20-12-18(13-21(14-20)43-23-10-11-36(5)28(23)39)26(38)33-29-32-22(15-40-30(2,3)4)24(44-29)25(31)37/h6-9,12-14,23H,10-11,15H2,1-5H3,(H2,31,37)(H,32,33,38). The largest absolute Gasteiger partial charge is 0.480 e. The van der Waals surface area contributed by atoms with Crippen molar-refractivity contribution in [3.63, 3.8) is 0 Å². The summed E-state index contributed by atoms with van der Waals surface area (Å²) in [5.74, 6) is 0.510. The van der Waals surface area contributed by atoms with Gasteiger partial charge in [-0.1, -0.05) is 11.3 Å². The van der Waals surface area contributed by atoms with Crippen LogP contribution in [0.3, 0.4) is 0 Å². The summed E-state index contributed by atoms with van der Waals surface area (Å²) in [5.41, 5.74) is 6.30. The highest BCUT2D eigenvalue weighted by Crippen LogP contribution is 2.32. The van der Waals surface area contributed by atoms with Gasteiger partial charge < -0.3 is 29.3 Å². The topological polar surface area (TPSA) is 172 Å². The number of thiazole rings is 1. The second kappa shape index (κ2) is 12.4. The Kier molecular flexibility index (Phi) is 8.65. The first-order valence-electron chi connectivity index (χ1n) is 13.7. The third-order valence-corrected chi connectivity index (χ3v) is 7.47. The molecular formula is C30H32N6O7S. The molecule has 2 aromatic heterocycles. The van der Waals surface area contributed by atoms with Gasteiger partial charge in [-0.3, -0.25) is 19.7 Å². The number of rotatable bonds is 10. The molecule has 4 aromatic rings. The third kappa shape index (κ3) is 7.38. The van der Waals surface area contributed by atoms with Crippen molar-refractivity contribution in [1.29, 1.82) is 0 Å². The number of likely N-dealkylation sites (N-methyl/N-ethyl adjacent to an activating group) is 1. The van der Waals surface area contributed by atoms with E-state index in [1.165, 1.54) is 12.1 Å². The van der Waals surface area contributed by atoms with Crippen molar-refractivity contribution in [3.05, 3.63) is 64.5 Å². The van der Waals surface area contributed by atoms with Crippen LogP contribution in [-0.4, -0.2) is 63.1 Å². The summed E-state index contributed by atoms with van der Waals surface area (Å²) in [4.78, 5) is 44.2. The molecule has 1 atom stereocenters. The highest BCUT2D eigenvalue weighted by molar-refractivity contribution is 7.17. The number of anilines is 1. The number of hydrogen-bond acceptors (Lipinski definition) is 11. The van der Waals surface area contributed by atoms with Gasteiger partial charge in [-0.15, -0.1) is 10.2 Å². The maximum atomic E-state index is 13.4. The third-order valence-electron chi connectivity index (χ3n) is 6.45. The number of carbonyl (C=O) groups excluding carboxylic acids is 3. The molecule has 1 saturated heterocycles. The van der Waals surface area contributed by atoms with E-state index in [2.05, 4.69) is 20.5 Å². The zero-order valence-corrected chi connectivity index (χ0v) is 25.7. The van der Waals surface area contributed by atoms with Crippen molar-refractivity contribution in [2.45, 2.75) is 52.4 Å². The summed E-state index contributed by atoms with van der Waals surface area (Å²) < 4.78 is 23.3. The number of ether oxygens (including phenoxy) is 3. The molecule has 3 heterocycles. The van der Waals surface area contributed by atoms with E-state index in [1.54, 1.807) is 49.2 Å². The molecule has 14 heteroatoms. The molecule has 2 aromatic carbocycles. The lowest BCUT2D eigenvalue weighted by molar-refractivity contribution is -0.132. The van der Waals surface area contributed by atoms with Gasteiger partial charge in [0, 0.05) is 44.1 Å². The van der Waals surface area contributed by atoms with Crippen molar-refractivity contribution in [3.8, 4) is 28.7 Å². The lowest BCUT2D eigenvalue weighted by Gasteiger charge is -2.18. The molecule has 3 amide bonds. The molecule has 0 aliphatic carbocycles. The molecule has 3 N–H and O–H groups in total. The zero-order chi connectivity index (χ0) is 31.6. The van der Waals surface area contributed by atoms with Crippen molar-refractivity contribution in [2.75, 3.05) is 18.9 Å². The second-order valence-corrected chi connectivity index (χ2v) is 12.1. The van der Waals surface area contributed by atoms with Crippen LogP contribution in [0.15, 0.2) is 46.9 Å². The quantitative estimate of drug-likeness (QED) is 0.256. The highest BCUT2D eigenvalue weighted by Gasteiger charge is 2.31. The first-order chi connectivity index (χ1) is 20.8. The van der Waals surface area contributed by atoms with Crippen LogP contribution in [0.2, 0.25) is 0 Å². The van der Waals surface area contributed by atoms with E-state index in [0.29, 0.717) is 47.5 Å². The van der Waals surface area contributed by atoms with E-state index in [9.17, 15) is 14.4 Å². The molecule has 230 valence electrons. The molecule has 0 bridgehead atoms. The molecular weight excluding hydrogens is 588 g/mol. The van der Waals surface area contributed by atoms with Crippen LogP contribution >= 0.6 is 11.3 Å². The van der Waals surface area contributed by atoms with E-state index in [4.69, 9.17) is 24.4 Å². The highest BCUT2D eigenvalue weighted by atomic mass is 32.1. The van der Waals surface area contributed by atoms with Crippen molar-refractivity contribution in [2.24, 2.45) is 5.73 Å². The average Bonchev–Trinajstić information content (AvgIpc) is 3.67. The Hall–Kier alpha value is -4.82. The number of aromatic nitrogens is 3. The Balaban J connectivity index is 1.40. The lowest BCUT2D eigenvalue weighted by Crippen LogP contribution is -2.29. The van der Waals surface area contributed by atoms with Gasteiger partial charge in [0.05, 0.1) is 17.9 Å². The second-order valence-electron chi connectivity index (χ2n) is 11.1. The van der Waals surface area contributed by atoms with Crippen LogP contribution in [0.25, 0.3) is 11.5 Å². The van der Waals surface area contributed by atoms with Gasteiger partial charge in [-0.25, -0.2) is 4.98 Å². The number of benzene rings is 2. The van der Waals surface area contributed by atoms with Crippen LogP contribution in [0, 0.1) is 6.92 Å². The van der Waals surface area contributed by atoms with Crippen molar-refractivity contribution < 1.29 is 33.0 Å². The number of hydrogen-bond donors (Lipinski definition) is 2. The van der Waals surface area contributed by atoms with Gasteiger partial charge in [-0.2, -0.15) is 0 Å². The summed E-state index contributed by atoms with van der Waals surface area (Å²) in [7, 11) is 1.71. The number of carbonyl (C=O) groups is 3. The molecule has 0 radical (unpaired) electrons. The Morgan fingerprint density at radius 2 is 1.84 bits per heavy atom. The SMILES string of the molecule is Cc1nnc(-c2ccc(Oc3cc(OC4CCN(C)C4=O)cc(C(=O)Nc4nc(COC(C)(C)C)c(C(N)=O)s4)c3)cc2)o1. The first-order valence-corrected chi connectivity index (χ1v) is 14.6. The Morgan fingerprint density at radius 3 is 2.45 bits per heavy atom.